The Labute approximate surface area is 217 Å². The summed E-state index contributed by atoms with van der Waals surface area (Å²) in [6.45, 7) is 6.04. The Morgan fingerprint density at radius 1 is 0.838 bits per heavy atom. The fraction of sp³-hybridized carbons (Fsp3) is 0.444. The molecule has 0 bridgehead atoms. The van der Waals surface area contributed by atoms with E-state index in [-0.39, 0.29) is 16.7 Å². The van der Waals surface area contributed by atoms with Gasteiger partial charge in [-0.05, 0) is 28.8 Å². The van der Waals surface area contributed by atoms with E-state index in [1.165, 1.54) is 4.31 Å². The van der Waals surface area contributed by atoms with Crippen molar-refractivity contribution in [1.29, 1.82) is 0 Å². The zero-order chi connectivity index (χ0) is 25.4. The van der Waals surface area contributed by atoms with Crippen molar-refractivity contribution in [3.05, 3.63) is 65.2 Å². The van der Waals surface area contributed by atoms with Gasteiger partial charge in [0.05, 0.1) is 24.0 Å². The summed E-state index contributed by atoms with van der Waals surface area (Å²) >= 11 is 0. The van der Waals surface area contributed by atoms with Crippen LogP contribution in [0.1, 0.15) is 11.5 Å². The lowest BCUT2D eigenvalue weighted by Crippen LogP contribution is -2.44. The number of hydrogen-bond donors (Lipinski definition) is 0. The van der Waals surface area contributed by atoms with Crippen LogP contribution in [0.25, 0.3) is 0 Å². The highest BCUT2D eigenvalue weighted by Gasteiger charge is 2.40. The molecule has 1 saturated heterocycles. The van der Waals surface area contributed by atoms with Crippen LogP contribution in [0.4, 0.5) is 0 Å². The van der Waals surface area contributed by atoms with E-state index in [2.05, 4.69) is 4.90 Å². The van der Waals surface area contributed by atoms with Crippen LogP contribution in [0.2, 0.25) is 0 Å². The van der Waals surface area contributed by atoms with Gasteiger partial charge in [-0.1, -0.05) is 30.3 Å². The molecule has 0 radical (unpaired) electrons. The van der Waals surface area contributed by atoms with Crippen LogP contribution in [0.5, 0.6) is 11.5 Å². The zero-order valence-electron chi connectivity index (χ0n) is 20.7. The first-order valence-electron chi connectivity index (χ1n) is 12.7. The third-order valence-electron chi connectivity index (χ3n) is 7.51. The van der Waals surface area contributed by atoms with Crippen molar-refractivity contribution in [3.8, 4) is 11.5 Å². The number of morpholine rings is 1. The van der Waals surface area contributed by atoms with Gasteiger partial charge in [-0.2, -0.15) is 4.31 Å². The minimum atomic E-state index is -3.70. The third kappa shape index (κ3) is 4.86. The molecule has 2 aromatic carbocycles. The molecule has 1 atom stereocenters. The topological polar surface area (TPSA) is 88.6 Å². The average Bonchev–Trinajstić information content (AvgIpc) is 3.53. The number of carbonyl (C=O) groups is 1. The first kappa shape index (κ1) is 24.4. The molecule has 4 aliphatic rings. The second-order valence-electron chi connectivity index (χ2n) is 9.86. The molecule has 4 aliphatic heterocycles. The van der Waals surface area contributed by atoms with E-state index in [4.69, 9.17) is 14.2 Å². The molecule has 1 amide bonds. The van der Waals surface area contributed by atoms with Crippen LogP contribution in [-0.2, 0) is 19.6 Å². The van der Waals surface area contributed by atoms with Crippen LogP contribution >= 0.6 is 0 Å². The van der Waals surface area contributed by atoms with Crippen molar-refractivity contribution in [1.82, 2.24) is 14.1 Å². The Kier molecular flexibility index (Phi) is 6.66. The third-order valence-corrected chi connectivity index (χ3v) is 9.29. The largest absolute Gasteiger partial charge is 0.486 e. The lowest BCUT2D eigenvalue weighted by atomic mass is 9.96. The SMILES string of the molecule is O=C(C(CN1CCOCC1)c1ccccc1)N1CC2=C(C1)CN(S(=O)(=O)c1ccc3c(c1)OCCO3)C2. The molecule has 4 heterocycles. The number of hydrogen-bond acceptors (Lipinski definition) is 7. The molecule has 0 aliphatic carbocycles. The minimum Gasteiger partial charge on any atom is -0.486 e. The second-order valence-corrected chi connectivity index (χ2v) is 11.8. The van der Waals surface area contributed by atoms with Crippen LogP contribution in [0.3, 0.4) is 0 Å². The van der Waals surface area contributed by atoms with Gasteiger partial charge in [0, 0.05) is 51.9 Å². The van der Waals surface area contributed by atoms with Gasteiger partial charge in [-0.25, -0.2) is 8.42 Å². The number of benzene rings is 2. The summed E-state index contributed by atoms with van der Waals surface area (Å²) in [6.07, 6.45) is 0. The van der Waals surface area contributed by atoms with Gasteiger partial charge in [-0.15, -0.1) is 0 Å². The Morgan fingerprint density at radius 3 is 2.22 bits per heavy atom. The zero-order valence-corrected chi connectivity index (χ0v) is 21.5. The number of amides is 1. The van der Waals surface area contributed by atoms with Gasteiger partial charge in [0.25, 0.3) is 0 Å². The summed E-state index contributed by atoms with van der Waals surface area (Å²) in [5.41, 5.74) is 3.05. The predicted octanol–water partition coefficient (Wildman–Crippen LogP) is 1.72. The van der Waals surface area contributed by atoms with E-state index in [0.29, 0.717) is 70.7 Å². The van der Waals surface area contributed by atoms with Crippen LogP contribution in [-0.4, -0.2) is 101 Å². The molecule has 196 valence electrons. The Bertz CT molecular complexity index is 1290. The quantitative estimate of drug-likeness (QED) is 0.531. The molecular weight excluding hydrogens is 494 g/mol. The molecule has 1 fully saturated rings. The Hall–Kier alpha value is -2.92. The number of sulfonamides is 1. The van der Waals surface area contributed by atoms with Crippen LogP contribution in [0.15, 0.2) is 64.6 Å². The molecule has 0 saturated carbocycles. The molecule has 10 heteroatoms. The molecule has 2 aromatic rings. The summed E-state index contributed by atoms with van der Waals surface area (Å²) in [6, 6.07) is 14.7. The lowest BCUT2D eigenvalue weighted by molar-refractivity contribution is -0.132. The predicted molar refractivity (Wildman–Crippen MR) is 136 cm³/mol. The molecule has 9 nitrogen and oxygen atoms in total. The van der Waals surface area contributed by atoms with Gasteiger partial charge in [0.15, 0.2) is 11.5 Å². The van der Waals surface area contributed by atoms with Gasteiger partial charge >= 0.3 is 0 Å². The highest BCUT2D eigenvalue weighted by atomic mass is 32.2. The van der Waals surface area contributed by atoms with Crippen molar-refractivity contribution < 1.29 is 27.4 Å². The summed E-state index contributed by atoms with van der Waals surface area (Å²) in [7, 11) is -3.70. The second kappa shape index (κ2) is 10.1. The first-order valence-corrected chi connectivity index (χ1v) is 14.2. The maximum Gasteiger partial charge on any atom is 0.243 e. The molecule has 0 spiro atoms. The van der Waals surface area contributed by atoms with E-state index in [1.54, 1.807) is 18.2 Å². The summed E-state index contributed by atoms with van der Waals surface area (Å²) in [4.78, 5) is 18.1. The molecule has 0 N–H and O–H groups in total. The van der Waals surface area contributed by atoms with Crippen molar-refractivity contribution in [2.24, 2.45) is 0 Å². The van der Waals surface area contributed by atoms with Crippen molar-refractivity contribution in [3.63, 3.8) is 0 Å². The van der Waals surface area contributed by atoms with Crippen LogP contribution in [0, 0.1) is 0 Å². The molecule has 37 heavy (non-hydrogen) atoms. The highest BCUT2D eigenvalue weighted by Crippen LogP contribution is 2.36. The Morgan fingerprint density at radius 2 is 1.51 bits per heavy atom. The van der Waals surface area contributed by atoms with E-state index in [0.717, 1.165) is 29.8 Å². The molecule has 0 aromatic heterocycles. The van der Waals surface area contributed by atoms with Crippen molar-refractivity contribution in [2.75, 3.05) is 72.2 Å². The standard InChI is InChI=1S/C27H31N3O6S/c31-27(24(20-4-2-1-3-5-20)19-28-8-10-34-11-9-28)29-15-21-17-30(18-22(21)16-29)37(32,33)23-6-7-25-26(14-23)36-13-12-35-25/h1-7,14,24H,8-13,15-19H2. The normalized spacial score (nSPS) is 21.2. The number of nitrogens with zero attached hydrogens (tertiary/aromatic N) is 3. The van der Waals surface area contributed by atoms with Crippen LogP contribution < -0.4 is 9.47 Å². The maximum atomic E-state index is 13.8. The number of rotatable bonds is 6. The van der Waals surface area contributed by atoms with E-state index in [1.807, 2.05) is 35.2 Å². The summed E-state index contributed by atoms with van der Waals surface area (Å²) < 4.78 is 44.9. The fourth-order valence-electron chi connectivity index (χ4n) is 5.48. The van der Waals surface area contributed by atoms with E-state index < -0.39 is 10.0 Å². The van der Waals surface area contributed by atoms with E-state index in [9.17, 15) is 13.2 Å². The smallest absolute Gasteiger partial charge is 0.243 e. The average molecular weight is 526 g/mol. The maximum absolute atomic E-state index is 13.8. The number of ether oxygens (including phenoxy) is 3. The minimum absolute atomic E-state index is 0.0911. The first-order chi connectivity index (χ1) is 18.0. The van der Waals surface area contributed by atoms with Gasteiger partial charge in [-0.3, -0.25) is 9.69 Å². The van der Waals surface area contributed by atoms with Gasteiger partial charge < -0.3 is 19.1 Å². The summed E-state index contributed by atoms with van der Waals surface area (Å²) in [5, 5.41) is 0. The number of carbonyl (C=O) groups excluding carboxylic acids is 1. The van der Waals surface area contributed by atoms with Crippen molar-refractivity contribution >= 4 is 15.9 Å². The van der Waals surface area contributed by atoms with E-state index >= 15 is 0 Å². The highest BCUT2D eigenvalue weighted by molar-refractivity contribution is 7.89. The summed E-state index contributed by atoms with van der Waals surface area (Å²) in [5.74, 6) is 0.840. The Balaban J connectivity index is 1.14. The van der Waals surface area contributed by atoms with Crippen molar-refractivity contribution in [2.45, 2.75) is 10.8 Å². The lowest BCUT2D eigenvalue weighted by Gasteiger charge is -2.32. The number of fused-ring (bicyclic) bond motifs is 1. The molecule has 6 rings (SSSR count). The monoisotopic (exact) mass is 525 g/mol. The molecular formula is C27H31N3O6S. The fourth-order valence-corrected chi connectivity index (χ4v) is 6.92. The molecule has 1 unspecified atom stereocenters. The van der Waals surface area contributed by atoms with Gasteiger partial charge in [0.2, 0.25) is 15.9 Å². The van der Waals surface area contributed by atoms with Gasteiger partial charge in [0.1, 0.15) is 13.2 Å².